The molecular weight excluding hydrogens is 194 g/mol. The second-order valence-electron chi connectivity index (χ2n) is 4.37. The first-order valence-corrected chi connectivity index (χ1v) is 5.23. The second-order valence-corrected chi connectivity index (χ2v) is 4.58. The molecule has 14 heavy (non-hydrogen) atoms. The van der Waals surface area contributed by atoms with Crippen molar-refractivity contribution in [2.24, 2.45) is 0 Å². The highest BCUT2D eigenvalue weighted by molar-refractivity contribution is 6.28. The van der Waals surface area contributed by atoms with E-state index in [1.165, 1.54) is 11.1 Å². The van der Waals surface area contributed by atoms with E-state index < -0.39 is 0 Å². The van der Waals surface area contributed by atoms with Crippen molar-refractivity contribution in [2.45, 2.75) is 25.8 Å². The van der Waals surface area contributed by atoms with Crippen LogP contribution in [0.3, 0.4) is 0 Å². The predicted molar refractivity (Wildman–Crippen MR) is 61.2 cm³/mol. The van der Waals surface area contributed by atoms with E-state index >= 15 is 0 Å². The van der Waals surface area contributed by atoms with Crippen molar-refractivity contribution in [1.82, 2.24) is 5.32 Å². The highest BCUT2D eigenvalue weighted by Crippen LogP contribution is 2.29. The highest BCUT2D eigenvalue weighted by atomic mass is 35.5. The van der Waals surface area contributed by atoms with E-state index in [1.807, 2.05) is 6.07 Å². The molecule has 74 valence electrons. The van der Waals surface area contributed by atoms with Crippen molar-refractivity contribution >= 4 is 17.3 Å². The van der Waals surface area contributed by atoms with Gasteiger partial charge in [0.2, 0.25) is 0 Å². The van der Waals surface area contributed by atoms with Crippen molar-refractivity contribution < 1.29 is 0 Å². The molecule has 1 aromatic carbocycles. The Labute approximate surface area is 89.8 Å². The van der Waals surface area contributed by atoms with Gasteiger partial charge in [-0.1, -0.05) is 35.9 Å². The molecular formula is C12H14ClN. The van der Waals surface area contributed by atoms with Crippen LogP contribution in [0.1, 0.15) is 25.0 Å². The fraction of sp³-hybridized carbons (Fsp3) is 0.333. The molecule has 0 saturated heterocycles. The average Bonchev–Trinajstić information content (AvgIpc) is 2.15. The summed E-state index contributed by atoms with van der Waals surface area (Å²) < 4.78 is 0. The Morgan fingerprint density at radius 1 is 1.36 bits per heavy atom. The number of nitrogens with one attached hydrogen (secondary N) is 1. The maximum absolute atomic E-state index is 5.81. The topological polar surface area (TPSA) is 12.0 Å². The quantitative estimate of drug-likeness (QED) is 0.689. The third-order valence-corrected chi connectivity index (χ3v) is 2.74. The van der Waals surface area contributed by atoms with E-state index in [-0.39, 0.29) is 5.54 Å². The molecule has 0 spiro atoms. The van der Waals surface area contributed by atoms with Crippen molar-refractivity contribution in [3.05, 3.63) is 40.9 Å². The summed E-state index contributed by atoms with van der Waals surface area (Å²) in [5.74, 6) is 0. The van der Waals surface area contributed by atoms with Gasteiger partial charge in [-0.15, -0.1) is 0 Å². The van der Waals surface area contributed by atoms with Gasteiger partial charge in [0.15, 0.2) is 0 Å². The number of halogens is 1. The van der Waals surface area contributed by atoms with Gasteiger partial charge in [-0.25, -0.2) is 0 Å². The molecule has 0 saturated carbocycles. The first-order chi connectivity index (χ1) is 6.62. The first-order valence-electron chi connectivity index (χ1n) is 4.79. The van der Waals surface area contributed by atoms with Crippen LogP contribution in [0.2, 0.25) is 0 Å². The van der Waals surface area contributed by atoms with E-state index in [0.717, 1.165) is 12.1 Å². The molecule has 0 radical (unpaired) electrons. The van der Waals surface area contributed by atoms with Gasteiger partial charge in [-0.3, -0.25) is 0 Å². The molecule has 0 aliphatic carbocycles. The lowest BCUT2D eigenvalue weighted by atomic mass is 9.86. The van der Waals surface area contributed by atoms with Gasteiger partial charge in [0.1, 0.15) is 0 Å². The Bertz CT molecular complexity index is 380. The van der Waals surface area contributed by atoms with Gasteiger partial charge in [-0.2, -0.15) is 0 Å². The molecule has 0 unspecified atom stereocenters. The van der Waals surface area contributed by atoms with Gasteiger partial charge in [0, 0.05) is 16.6 Å². The van der Waals surface area contributed by atoms with Crippen LogP contribution < -0.4 is 5.32 Å². The molecule has 0 bridgehead atoms. The number of hydrogen-bond donors (Lipinski definition) is 1. The Morgan fingerprint density at radius 2 is 2.07 bits per heavy atom. The van der Waals surface area contributed by atoms with Gasteiger partial charge in [0.25, 0.3) is 0 Å². The minimum absolute atomic E-state index is 0.0923. The monoisotopic (exact) mass is 207 g/mol. The SMILES string of the molecule is CC1(C)Cc2ccccc2C(=CCl)N1. The molecule has 1 aliphatic heterocycles. The smallest absolute Gasteiger partial charge is 0.0535 e. The third-order valence-electron chi connectivity index (χ3n) is 2.52. The van der Waals surface area contributed by atoms with Crippen molar-refractivity contribution in [2.75, 3.05) is 0 Å². The van der Waals surface area contributed by atoms with Crippen LogP contribution in [-0.4, -0.2) is 5.54 Å². The maximum Gasteiger partial charge on any atom is 0.0535 e. The van der Waals surface area contributed by atoms with E-state index in [2.05, 4.69) is 37.4 Å². The Morgan fingerprint density at radius 3 is 2.79 bits per heavy atom. The predicted octanol–water partition coefficient (Wildman–Crippen LogP) is 3.15. The summed E-state index contributed by atoms with van der Waals surface area (Å²) in [4.78, 5) is 0. The van der Waals surface area contributed by atoms with Crippen LogP contribution >= 0.6 is 11.6 Å². The summed E-state index contributed by atoms with van der Waals surface area (Å²) in [5, 5.41) is 3.43. The average molecular weight is 208 g/mol. The summed E-state index contributed by atoms with van der Waals surface area (Å²) >= 11 is 5.81. The lowest BCUT2D eigenvalue weighted by molar-refractivity contribution is 0.437. The van der Waals surface area contributed by atoms with Crippen molar-refractivity contribution in [3.8, 4) is 0 Å². The van der Waals surface area contributed by atoms with E-state index in [1.54, 1.807) is 5.54 Å². The van der Waals surface area contributed by atoms with Gasteiger partial charge < -0.3 is 5.32 Å². The van der Waals surface area contributed by atoms with Gasteiger partial charge >= 0.3 is 0 Å². The van der Waals surface area contributed by atoms with Gasteiger partial charge in [0.05, 0.1) is 5.70 Å². The molecule has 1 N–H and O–H groups in total. The van der Waals surface area contributed by atoms with Crippen LogP contribution in [-0.2, 0) is 6.42 Å². The van der Waals surface area contributed by atoms with E-state index in [9.17, 15) is 0 Å². The summed E-state index contributed by atoms with van der Waals surface area (Å²) in [5.41, 5.74) is 5.33. The maximum atomic E-state index is 5.81. The lowest BCUT2D eigenvalue weighted by Crippen LogP contribution is -2.43. The zero-order valence-electron chi connectivity index (χ0n) is 8.47. The summed E-state index contributed by atoms with van der Waals surface area (Å²) in [6.07, 6.45) is 1.04. The molecule has 0 aromatic heterocycles. The third kappa shape index (κ3) is 1.64. The Kier molecular flexibility index (Phi) is 2.28. The normalized spacial score (nSPS) is 21.5. The largest absolute Gasteiger partial charge is 0.379 e. The zero-order chi connectivity index (χ0) is 10.2. The molecule has 0 atom stereocenters. The molecule has 2 rings (SSSR count). The Hall–Kier alpha value is -0.950. The highest BCUT2D eigenvalue weighted by Gasteiger charge is 2.26. The minimum atomic E-state index is 0.0923. The molecule has 0 amide bonds. The number of hydrogen-bond acceptors (Lipinski definition) is 1. The van der Waals surface area contributed by atoms with Crippen molar-refractivity contribution in [1.29, 1.82) is 0 Å². The minimum Gasteiger partial charge on any atom is -0.379 e. The standard InChI is InChI=1S/C12H14ClN/c1-12(2)7-9-5-3-4-6-10(9)11(8-13)14-12/h3-6,8,14H,7H2,1-2H3. The van der Waals surface area contributed by atoms with Crippen LogP contribution in [0.5, 0.6) is 0 Å². The summed E-state index contributed by atoms with van der Waals surface area (Å²) in [7, 11) is 0. The van der Waals surface area contributed by atoms with E-state index in [0.29, 0.717) is 0 Å². The molecule has 1 aliphatic rings. The molecule has 1 nitrogen and oxygen atoms in total. The van der Waals surface area contributed by atoms with Crippen LogP contribution in [0.15, 0.2) is 29.8 Å². The van der Waals surface area contributed by atoms with Gasteiger partial charge in [-0.05, 0) is 25.8 Å². The lowest BCUT2D eigenvalue weighted by Gasteiger charge is -2.35. The zero-order valence-corrected chi connectivity index (χ0v) is 9.23. The number of rotatable bonds is 0. The van der Waals surface area contributed by atoms with Crippen molar-refractivity contribution in [3.63, 3.8) is 0 Å². The van der Waals surface area contributed by atoms with Crippen LogP contribution in [0, 0.1) is 0 Å². The second kappa shape index (κ2) is 3.32. The molecule has 1 aromatic rings. The first kappa shape index (κ1) is 9.60. The summed E-state index contributed by atoms with van der Waals surface area (Å²) in [6, 6.07) is 8.38. The van der Waals surface area contributed by atoms with Crippen LogP contribution in [0.25, 0.3) is 5.70 Å². The molecule has 1 heterocycles. The van der Waals surface area contributed by atoms with E-state index in [4.69, 9.17) is 11.6 Å². The summed E-state index contributed by atoms with van der Waals surface area (Å²) in [6.45, 7) is 4.37. The fourth-order valence-electron chi connectivity index (χ4n) is 1.98. The number of fused-ring (bicyclic) bond motifs is 1. The Balaban J connectivity index is 2.52. The molecule has 0 fully saturated rings. The van der Waals surface area contributed by atoms with Crippen LogP contribution in [0.4, 0.5) is 0 Å². The molecule has 2 heteroatoms. The fourth-order valence-corrected chi connectivity index (χ4v) is 2.15. The number of benzene rings is 1.